The summed E-state index contributed by atoms with van der Waals surface area (Å²) in [6.07, 6.45) is 1.40. The van der Waals surface area contributed by atoms with Crippen LogP contribution in [0.2, 0.25) is 0 Å². The van der Waals surface area contributed by atoms with Gasteiger partial charge in [-0.1, -0.05) is 36.4 Å². The molecule has 0 heterocycles. The summed E-state index contributed by atoms with van der Waals surface area (Å²) in [5, 5.41) is 10.8. The lowest BCUT2D eigenvalue weighted by Gasteiger charge is -2.26. The first kappa shape index (κ1) is 11.4. The van der Waals surface area contributed by atoms with E-state index in [1.165, 1.54) is 6.07 Å². The Bertz CT molecular complexity index is 602. The van der Waals surface area contributed by atoms with E-state index < -0.39 is 5.60 Å². The summed E-state index contributed by atoms with van der Waals surface area (Å²) in [5.74, 6) is -0.222. The van der Waals surface area contributed by atoms with Gasteiger partial charge in [0.05, 0.1) is 0 Å². The minimum absolute atomic E-state index is 0.222. The molecule has 0 aromatic heterocycles. The Morgan fingerprint density at radius 2 is 1.72 bits per heavy atom. The van der Waals surface area contributed by atoms with Gasteiger partial charge in [-0.15, -0.1) is 0 Å². The van der Waals surface area contributed by atoms with Crippen LogP contribution in [0.1, 0.15) is 29.2 Å². The van der Waals surface area contributed by atoms with Crippen LogP contribution < -0.4 is 0 Å². The smallest absolute Gasteiger partial charge is 0.126 e. The molecule has 0 saturated carbocycles. The molecule has 0 amide bonds. The zero-order valence-electron chi connectivity index (χ0n) is 10.3. The number of aryl methyl sites for hydroxylation is 1. The van der Waals surface area contributed by atoms with E-state index in [1.54, 1.807) is 13.0 Å². The number of rotatable bonds is 0. The molecule has 1 atom stereocenters. The topological polar surface area (TPSA) is 20.2 Å². The number of hydrogen-bond acceptors (Lipinski definition) is 1. The first-order valence-electron chi connectivity index (χ1n) is 6.19. The largest absolute Gasteiger partial charge is 0.381 e. The number of hydrogen-bond donors (Lipinski definition) is 1. The summed E-state index contributed by atoms with van der Waals surface area (Å²) in [6, 6.07) is 12.8. The van der Waals surface area contributed by atoms with E-state index in [-0.39, 0.29) is 5.82 Å². The Morgan fingerprint density at radius 3 is 2.56 bits per heavy atom. The third kappa shape index (κ3) is 1.57. The third-order valence-electron chi connectivity index (χ3n) is 3.83. The summed E-state index contributed by atoms with van der Waals surface area (Å²) in [6.45, 7) is 1.75. The SMILES string of the molecule is CC1(O)c2ccccc2CCc2c(F)cccc21. The fourth-order valence-corrected chi connectivity index (χ4v) is 2.89. The van der Waals surface area contributed by atoms with Crippen LogP contribution in [0.3, 0.4) is 0 Å². The van der Waals surface area contributed by atoms with Crippen molar-refractivity contribution >= 4 is 0 Å². The van der Waals surface area contributed by atoms with E-state index >= 15 is 0 Å². The lowest BCUT2D eigenvalue weighted by Crippen LogP contribution is -2.24. The second-order valence-electron chi connectivity index (χ2n) is 5.00. The van der Waals surface area contributed by atoms with Crippen LogP contribution >= 0.6 is 0 Å². The lowest BCUT2D eigenvalue weighted by molar-refractivity contribution is 0.101. The van der Waals surface area contributed by atoms with Gasteiger partial charge >= 0.3 is 0 Å². The van der Waals surface area contributed by atoms with E-state index in [0.29, 0.717) is 17.5 Å². The van der Waals surface area contributed by atoms with Crippen LogP contribution in [-0.4, -0.2) is 5.11 Å². The molecule has 0 spiro atoms. The van der Waals surface area contributed by atoms with Crippen molar-refractivity contribution in [3.63, 3.8) is 0 Å². The zero-order valence-corrected chi connectivity index (χ0v) is 10.3. The summed E-state index contributed by atoms with van der Waals surface area (Å²) >= 11 is 0. The number of aliphatic hydroxyl groups is 1. The Kier molecular flexibility index (Phi) is 2.49. The van der Waals surface area contributed by atoms with Gasteiger partial charge in [-0.2, -0.15) is 0 Å². The predicted octanol–water partition coefficient (Wildman–Crippen LogP) is 3.18. The quantitative estimate of drug-likeness (QED) is 0.752. The van der Waals surface area contributed by atoms with Gasteiger partial charge < -0.3 is 5.11 Å². The van der Waals surface area contributed by atoms with Gasteiger partial charge in [0.1, 0.15) is 11.4 Å². The van der Waals surface area contributed by atoms with Crippen molar-refractivity contribution in [2.75, 3.05) is 0 Å². The molecule has 1 aliphatic rings. The van der Waals surface area contributed by atoms with Crippen molar-refractivity contribution < 1.29 is 9.50 Å². The average Bonchev–Trinajstić information content (AvgIpc) is 2.47. The fourth-order valence-electron chi connectivity index (χ4n) is 2.89. The van der Waals surface area contributed by atoms with Gasteiger partial charge in [-0.25, -0.2) is 4.39 Å². The van der Waals surface area contributed by atoms with E-state index in [1.807, 2.05) is 30.3 Å². The standard InChI is InChI=1S/C16H15FO/c1-16(18)13-6-3-2-5-11(13)9-10-12-14(16)7-4-8-15(12)17/h2-8,18H,9-10H2,1H3. The first-order valence-corrected chi connectivity index (χ1v) is 6.19. The molecular formula is C16H15FO. The minimum Gasteiger partial charge on any atom is -0.381 e. The van der Waals surface area contributed by atoms with E-state index in [4.69, 9.17) is 0 Å². The molecule has 3 rings (SSSR count). The molecule has 0 fully saturated rings. The van der Waals surface area contributed by atoms with Crippen molar-refractivity contribution in [2.45, 2.75) is 25.4 Å². The van der Waals surface area contributed by atoms with Crippen LogP contribution in [0.15, 0.2) is 42.5 Å². The maximum atomic E-state index is 13.9. The molecule has 1 aliphatic carbocycles. The highest BCUT2D eigenvalue weighted by atomic mass is 19.1. The average molecular weight is 242 g/mol. The van der Waals surface area contributed by atoms with Gasteiger partial charge in [0.15, 0.2) is 0 Å². The van der Waals surface area contributed by atoms with Gasteiger partial charge in [-0.3, -0.25) is 0 Å². The molecule has 2 heteroatoms. The first-order chi connectivity index (χ1) is 8.60. The molecule has 2 aromatic rings. The van der Waals surface area contributed by atoms with Gasteiger partial charge in [-0.05, 0) is 48.1 Å². The third-order valence-corrected chi connectivity index (χ3v) is 3.83. The number of fused-ring (bicyclic) bond motifs is 2. The Labute approximate surface area is 106 Å². The van der Waals surface area contributed by atoms with Crippen molar-refractivity contribution in [1.82, 2.24) is 0 Å². The Balaban J connectivity index is 2.29. The van der Waals surface area contributed by atoms with Crippen LogP contribution in [0.5, 0.6) is 0 Å². The molecule has 1 N–H and O–H groups in total. The highest BCUT2D eigenvalue weighted by molar-refractivity contribution is 5.47. The van der Waals surface area contributed by atoms with Crippen LogP contribution in [-0.2, 0) is 18.4 Å². The Hall–Kier alpha value is -1.67. The van der Waals surface area contributed by atoms with Crippen molar-refractivity contribution in [1.29, 1.82) is 0 Å². The highest BCUT2D eigenvalue weighted by Crippen LogP contribution is 2.37. The number of benzene rings is 2. The molecule has 18 heavy (non-hydrogen) atoms. The second-order valence-corrected chi connectivity index (χ2v) is 5.00. The Morgan fingerprint density at radius 1 is 1.00 bits per heavy atom. The second kappa shape index (κ2) is 3.92. The van der Waals surface area contributed by atoms with Gasteiger partial charge in [0, 0.05) is 0 Å². The highest BCUT2D eigenvalue weighted by Gasteiger charge is 2.33. The summed E-state index contributed by atoms with van der Waals surface area (Å²) in [7, 11) is 0. The molecule has 92 valence electrons. The fraction of sp³-hybridized carbons (Fsp3) is 0.250. The van der Waals surface area contributed by atoms with Crippen LogP contribution in [0.25, 0.3) is 0 Å². The molecule has 2 aromatic carbocycles. The maximum absolute atomic E-state index is 13.9. The predicted molar refractivity (Wildman–Crippen MR) is 68.9 cm³/mol. The van der Waals surface area contributed by atoms with Gasteiger partial charge in [0.2, 0.25) is 0 Å². The van der Waals surface area contributed by atoms with Crippen molar-refractivity contribution in [3.05, 3.63) is 70.5 Å². The van der Waals surface area contributed by atoms with E-state index in [0.717, 1.165) is 17.5 Å². The van der Waals surface area contributed by atoms with Crippen LogP contribution in [0.4, 0.5) is 4.39 Å². The molecule has 1 unspecified atom stereocenters. The molecular weight excluding hydrogens is 227 g/mol. The van der Waals surface area contributed by atoms with Crippen molar-refractivity contribution in [3.8, 4) is 0 Å². The van der Waals surface area contributed by atoms with Crippen LogP contribution in [0, 0.1) is 5.82 Å². The molecule has 0 saturated heterocycles. The zero-order chi connectivity index (χ0) is 12.8. The molecule has 0 aliphatic heterocycles. The summed E-state index contributed by atoms with van der Waals surface area (Å²) in [5.41, 5.74) is 2.18. The molecule has 0 bridgehead atoms. The van der Waals surface area contributed by atoms with Gasteiger partial charge in [0.25, 0.3) is 0 Å². The van der Waals surface area contributed by atoms with E-state index in [2.05, 4.69) is 0 Å². The monoisotopic (exact) mass is 242 g/mol. The number of halogens is 1. The minimum atomic E-state index is -1.12. The van der Waals surface area contributed by atoms with Crippen molar-refractivity contribution in [2.24, 2.45) is 0 Å². The normalized spacial score (nSPS) is 21.9. The molecule has 0 radical (unpaired) electrons. The maximum Gasteiger partial charge on any atom is 0.126 e. The van der Waals surface area contributed by atoms with E-state index in [9.17, 15) is 9.50 Å². The molecule has 1 nitrogen and oxygen atoms in total. The summed E-state index contributed by atoms with van der Waals surface area (Å²) < 4.78 is 13.9. The lowest BCUT2D eigenvalue weighted by atomic mass is 9.85. The summed E-state index contributed by atoms with van der Waals surface area (Å²) in [4.78, 5) is 0.